The predicted octanol–water partition coefficient (Wildman–Crippen LogP) is 4.58. The van der Waals surface area contributed by atoms with Crippen LogP contribution < -0.4 is 17.2 Å². The van der Waals surface area contributed by atoms with Gasteiger partial charge >= 0.3 is 17.9 Å². The first-order chi connectivity index (χ1) is 37.2. The first kappa shape index (κ1) is 61.2. The highest BCUT2D eigenvalue weighted by atomic mass is 79.9. The van der Waals surface area contributed by atoms with Gasteiger partial charge in [0.1, 0.15) is 57.6 Å². The van der Waals surface area contributed by atoms with Gasteiger partial charge in [0.25, 0.3) is 0 Å². The third-order valence-corrected chi connectivity index (χ3v) is 17.9. The average Bonchev–Trinajstić information content (AvgIpc) is 3.93. The van der Waals surface area contributed by atoms with Gasteiger partial charge in [-0.25, -0.2) is 45.1 Å². The summed E-state index contributed by atoms with van der Waals surface area (Å²) in [5.74, 6) is -2.16. The van der Waals surface area contributed by atoms with Gasteiger partial charge in [0, 0.05) is 89.5 Å². The van der Waals surface area contributed by atoms with Crippen LogP contribution in [0, 0.1) is 0 Å². The van der Waals surface area contributed by atoms with Gasteiger partial charge in [-0.05, 0) is 84.9 Å². The number of fused-ring (bicyclic) bond motifs is 3. The Morgan fingerprint density at radius 2 is 0.975 bits per heavy atom. The summed E-state index contributed by atoms with van der Waals surface area (Å²) < 4.78 is 54.2. The molecule has 0 amide bonds. The molecule has 8 rings (SSSR count). The zero-order valence-electron chi connectivity index (χ0n) is 42.4. The Bertz CT molecular complexity index is 3780. The summed E-state index contributed by atoms with van der Waals surface area (Å²) in [5.41, 5.74) is 21.2. The van der Waals surface area contributed by atoms with Gasteiger partial charge in [0.2, 0.25) is 20.0 Å². The zero-order chi connectivity index (χ0) is 58.1. The molecule has 3 atom stereocenters. The zero-order valence-corrected chi connectivity index (χ0v) is 47.3. The summed E-state index contributed by atoms with van der Waals surface area (Å²) in [6.45, 7) is 0. The summed E-state index contributed by atoms with van der Waals surface area (Å²) in [6, 6.07) is 23.2. The molecule has 0 aliphatic heterocycles. The van der Waals surface area contributed by atoms with Crippen molar-refractivity contribution in [1.29, 1.82) is 0 Å². The molecular formula is C50H54BrN11O13S4. The molecule has 24 nitrogen and oxygen atoms in total. The van der Waals surface area contributed by atoms with E-state index in [1.165, 1.54) is 88.1 Å². The van der Waals surface area contributed by atoms with Crippen molar-refractivity contribution in [3.05, 3.63) is 125 Å². The number of nitrogens with zero attached hydrogens (tertiary/aromatic N) is 8. The molecule has 12 N–H and O–H groups in total. The lowest BCUT2D eigenvalue weighted by atomic mass is 10.1. The molecule has 0 unspecified atom stereocenters. The Kier molecular flexibility index (Phi) is 20.3. The number of halogens is 1. The molecule has 0 bridgehead atoms. The Morgan fingerprint density at radius 3 is 1.42 bits per heavy atom. The lowest BCUT2D eigenvalue weighted by Crippen LogP contribution is -2.32. The van der Waals surface area contributed by atoms with E-state index < -0.39 is 56.1 Å². The number of carboxylic acid groups (broad SMARTS) is 3. The van der Waals surface area contributed by atoms with Crippen LogP contribution in [0.15, 0.2) is 118 Å². The first-order valence-corrected chi connectivity index (χ1v) is 29.2. The molecule has 29 heteroatoms. The van der Waals surface area contributed by atoms with Crippen molar-refractivity contribution in [2.75, 3.05) is 39.7 Å². The maximum Gasteiger partial charge on any atom is 0.321 e. The van der Waals surface area contributed by atoms with Gasteiger partial charge in [-0.15, -0.1) is 5.10 Å². The minimum atomic E-state index is -3.71. The number of aromatic nitrogens is 6. The van der Waals surface area contributed by atoms with Gasteiger partial charge in [-0.1, -0.05) is 33.3 Å². The third kappa shape index (κ3) is 15.0. The number of thioether (sulfide) groups is 2. The third-order valence-electron chi connectivity index (χ3n) is 11.5. The fourth-order valence-corrected chi connectivity index (χ4v) is 11.3. The van der Waals surface area contributed by atoms with Crippen LogP contribution in [0.2, 0.25) is 0 Å². The van der Waals surface area contributed by atoms with E-state index in [-0.39, 0.29) is 61.4 Å². The number of nitrogens with two attached hydrogens (primary N) is 3. The first-order valence-electron chi connectivity index (χ1n) is 23.2. The topological polar surface area (TPSA) is 395 Å². The van der Waals surface area contributed by atoms with Crippen LogP contribution in [0.1, 0.15) is 17.1 Å². The SMILES string of the molecule is CN(C)S(=O)(=O)c1ccc(O)c2nc(CSC[C@H](N)C(=O)O)ccc12.CN(C)S(=O)(=O)c1ccc(O)c2nc(C[C@H](N)C(=O)O)ccc12.N[C@@H](CSCc1ccc2c(-n3cc(-c4ccc(Br)cc4)nn3)ccc(O)c2n1)C(=O)O. The molecular weight excluding hydrogens is 1170 g/mol. The molecule has 0 spiro atoms. The molecule has 79 heavy (non-hydrogen) atoms. The average molecular weight is 1230 g/mol. The molecule has 8 aromatic rings. The number of hydrogen-bond acceptors (Lipinski definition) is 20. The summed E-state index contributed by atoms with van der Waals surface area (Å²) in [7, 11) is -1.72. The minimum Gasteiger partial charge on any atom is -0.506 e. The summed E-state index contributed by atoms with van der Waals surface area (Å²) in [5, 5.41) is 66.6. The van der Waals surface area contributed by atoms with Crippen molar-refractivity contribution in [3.8, 4) is 34.2 Å². The molecule has 0 fully saturated rings. The number of phenols is 3. The molecule has 418 valence electrons. The van der Waals surface area contributed by atoms with Crippen molar-refractivity contribution < 1.29 is 61.9 Å². The van der Waals surface area contributed by atoms with Gasteiger partial charge in [-0.2, -0.15) is 23.5 Å². The maximum atomic E-state index is 12.4. The molecule has 0 radical (unpaired) electrons. The quantitative estimate of drug-likeness (QED) is 0.0535. The van der Waals surface area contributed by atoms with E-state index in [0.717, 1.165) is 41.1 Å². The normalized spacial score (nSPS) is 12.9. The van der Waals surface area contributed by atoms with Crippen molar-refractivity contribution in [1.82, 2.24) is 38.6 Å². The monoisotopic (exact) mass is 1220 g/mol. The van der Waals surface area contributed by atoms with Crippen molar-refractivity contribution >= 4 is 110 Å². The molecule has 4 aromatic heterocycles. The summed E-state index contributed by atoms with van der Waals surface area (Å²) in [6.07, 6.45) is 1.79. The predicted molar refractivity (Wildman–Crippen MR) is 303 cm³/mol. The van der Waals surface area contributed by atoms with Gasteiger partial charge in [-0.3, -0.25) is 14.4 Å². The van der Waals surface area contributed by atoms with Crippen LogP contribution in [-0.2, 0) is 52.4 Å². The maximum absolute atomic E-state index is 12.4. The van der Waals surface area contributed by atoms with E-state index in [0.29, 0.717) is 33.8 Å². The van der Waals surface area contributed by atoms with E-state index in [2.05, 4.69) is 41.2 Å². The standard InChI is InChI=1S/C21H18BrN5O3S.C15H19N3O5S2.C14H17N3O5S/c22-13-3-1-12(2-4-13)17-9-27(26-25-17)18-7-8-19(28)20-15(18)6-5-14(24-20)10-31-11-16(23)21(29)30;1-18(2)25(22,23)13-6-5-12(19)14-10(13)4-3-9(17-14)7-24-8-11(16)15(20)21;1-17(2)23(21,22)12-6-5-11(18)13-9(12)4-3-8(16-13)7-10(15)14(19)20/h1-9,16,28H,10-11,23H2,(H,29,30);3-6,11,19H,7-8,16H2,1-2H3,(H,20,21);3-6,10,18H,7,15H2,1-2H3,(H,19,20)/t16-;11-;10-/m000/s1. The van der Waals surface area contributed by atoms with Crippen LogP contribution in [0.4, 0.5) is 0 Å². The van der Waals surface area contributed by atoms with E-state index >= 15 is 0 Å². The number of carbonyl (C=O) groups is 3. The second kappa shape index (κ2) is 26.3. The Morgan fingerprint density at radius 1 is 0.570 bits per heavy atom. The Hall–Kier alpha value is -7.06. The minimum absolute atomic E-state index is 0.0110. The lowest BCUT2D eigenvalue weighted by Gasteiger charge is -2.14. The fourth-order valence-electron chi connectivity index (χ4n) is 7.15. The molecule has 4 heterocycles. The van der Waals surface area contributed by atoms with Gasteiger partial charge < -0.3 is 47.8 Å². The van der Waals surface area contributed by atoms with Gasteiger partial charge in [0.05, 0.1) is 33.1 Å². The van der Waals surface area contributed by atoms with E-state index in [1.54, 1.807) is 28.9 Å². The second-order valence-corrected chi connectivity index (χ2v) is 24.8. The summed E-state index contributed by atoms with van der Waals surface area (Å²) in [4.78, 5) is 45.4. The number of carboxylic acids is 3. The van der Waals surface area contributed by atoms with Crippen LogP contribution in [-0.4, -0.2) is 162 Å². The number of sulfonamides is 2. The van der Waals surface area contributed by atoms with Crippen LogP contribution >= 0.6 is 39.5 Å². The van der Waals surface area contributed by atoms with Crippen LogP contribution in [0.25, 0.3) is 49.7 Å². The fraction of sp³-hybridized carbons (Fsp3) is 0.240. The van der Waals surface area contributed by atoms with Gasteiger partial charge in [0.15, 0.2) is 0 Å². The summed E-state index contributed by atoms with van der Waals surface area (Å²) >= 11 is 6.10. The van der Waals surface area contributed by atoms with E-state index in [9.17, 15) is 46.5 Å². The largest absolute Gasteiger partial charge is 0.506 e. The Labute approximate surface area is 469 Å². The lowest BCUT2D eigenvalue weighted by molar-refractivity contribution is -0.139. The van der Waals surface area contributed by atoms with Crippen LogP contribution in [0.3, 0.4) is 0 Å². The number of rotatable bonds is 19. The molecule has 0 saturated heterocycles. The van der Waals surface area contributed by atoms with E-state index in [4.69, 9.17) is 32.5 Å². The highest BCUT2D eigenvalue weighted by molar-refractivity contribution is 9.10. The molecule has 0 saturated carbocycles. The van der Waals surface area contributed by atoms with E-state index in [1.807, 2.05) is 42.6 Å². The smallest absolute Gasteiger partial charge is 0.321 e. The molecule has 0 aliphatic rings. The highest BCUT2D eigenvalue weighted by Crippen LogP contribution is 2.34. The number of benzene rings is 4. The van der Waals surface area contributed by atoms with Crippen molar-refractivity contribution in [2.45, 2.75) is 45.8 Å². The second-order valence-electron chi connectivity index (χ2n) is 17.6. The number of pyridine rings is 3. The number of phenolic OH excluding ortho intramolecular Hbond substituents is 3. The molecule has 0 aliphatic carbocycles. The number of aromatic hydroxyl groups is 3. The highest BCUT2D eigenvalue weighted by Gasteiger charge is 2.25. The van der Waals surface area contributed by atoms with Crippen molar-refractivity contribution in [2.24, 2.45) is 17.2 Å². The number of hydrogen-bond donors (Lipinski definition) is 9. The van der Waals surface area contributed by atoms with Crippen LogP contribution in [0.5, 0.6) is 17.2 Å². The number of aliphatic carboxylic acids is 3. The van der Waals surface area contributed by atoms with Crippen molar-refractivity contribution in [3.63, 3.8) is 0 Å². The Balaban J connectivity index is 0.000000194. The molecule has 4 aromatic carbocycles.